The van der Waals surface area contributed by atoms with Crippen molar-refractivity contribution < 1.29 is 4.52 Å². The van der Waals surface area contributed by atoms with Gasteiger partial charge in [-0.25, -0.2) is 0 Å². The van der Waals surface area contributed by atoms with Crippen LogP contribution in [0.25, 0.3) is 0 Å². The fourth-order valence-electron chi connectivity index (χ4n) is 2.39. The number of nitrogens with two attached hydrogens (primary N) is 1. The molecule has 0 saturated heterocycles. The molecule has 0 spiro atoms. The summed E-state index contributed by atoms with van der Waals surface area (Å²) in [6.07, 6.45) is 5.58. The van der Waals surface area contributed by atoms with E-state index >= 15 is 0 Å². The molecular formula is C15H20N2OS. The van der Waals surface area contributed by atoms with Crippen molar-refractivity contribution >= 4 is 18.4 Å². The van der Waals surface area contributed by atoms with E-state index in [4.69, 9.17) is 5.73 Å². The normalized spacial score (nSPS) is 15.1. The molecule has 1 aliphatic carbocycles. The highest BCUT2D eigenvalue weighted by atomic mass is 32.1. The number of aromatic nitrogens is 1. The number of anilines is 1. The minimum Gasteiger partial charge on any atom is -0.381 e. The van der Waals surface area contributed by atoms with Crippen LogP contribution in [-0.2, 0) is 0 Å². The molecule has 0 amide bonds. The Morgan fingerprint density at radius 2 is 1.84 bits per heavy atom. The average molecular weight is 276 g/mol. The summed E-state index contributed by atoms with van der Waals surface area (Å²) in [5.41, 5.74) is 6.68. The van der Waals surface area contributed by atoms with Gasteiger partial charge in [-0.1, -0.05) is 30.1 Å². The van der Waals surface area contributed by atoms with Gasteiger partial charge in [0.25, 0.3) is 0 Å². The monoisotopic (exact) mass is 276 g/mol. The minimum atomic E-state index is 0.442. The zero-order valence-electron chi connectivity index (χ0n) is 11.2. The second kappa shape index (κ2) is 6.66. The second-order valence-corrected chi connectivity index (χ2v) is 5.45. The number of hydrogen-bond donors (Lipinski definition) is 2. The lowest BCUT2D eigenvalue weighted by Gasteiger charge is -2.08. The Hall–Kier alpha value is -1.42. The van der Waals surface area contributed by atoms with Crippen LogP contribution in [0.2, 0.25) is 0 Å². The number of hydrogen-bond acceptors (Lipinski definition) is 4. The van der Waals surface area contributed by atoms with Gasteiger partial charge in [-0.15, -0.1) is 12.6 Å². The first-order valence-corrected chi connectivity index (χ1v) is 7.07. The van der Waals surface area contributed by atoms with Gasteiger partial charge in [-0.3, -0.25) is 0 Å². The van der Waals surface area contributed by atoms with E-state index in [-0.39, 0.29) is 0 Å². The van der Waals surface area contributed by atoms with Gasteiger partial charge in [0, 0.05) is 11.0 Å². The second-order valence-electron chi connectivity index (χ2n) is 4.94. The first-order valence-electron chi connectivity index (χ1n) is 6.63. The quantitative estimate of drug-likeness (QED) is 0.768. The first kappa shape index (κ1) is 14.0. The summed E-state index contributed by atoms with van der Waals surface area (Å²) in [6, 6.07) is 10.3. The van der Waals surface area contributed by atoms with Crippen molar-refractivity contribution in [2.24, 2.45) is 0 Å². The van der Waals surface area contributed by atoms with Gasteiger partial charge < -0.3 is 10.3 Å². The van der Waals surface area contributed by atoms with Gasteiger partial charge in [0.15, 0.2) is 5.82 Å². The van der Waals surface area contributed by atoms with Crippen molar-refractivity contribution in [2.75, 3.05) is 5.73 Å². The number of rotatable bonds is 1. The zero-order chi connectivity index (χ0) is 13.7. The van der Waals surface area contributed by atoms with Crippen LogP contribution in [0.1, 0.15) is 42.9 Å². The number of nitrogens with zero attached hydrogens (tertiary/aromatic N) is 1. The first-order chi connectivity index (χ1) is 9.15. The molecule has 1 saturated carbocycles. The van der Waals surface area contributed by atoms with E-state index in [1.165, 1.54) is 31.2 Å². The van der Waals surface area contributed by atoms with Gasteiger partial charge in [0.2, 0.25) is 0 Å². The van der Waals surface area contributed by atoms with Gasteiger partial charge >= 0.3 is 0 Å². The van der Waals surface area contributed by atoms with Crippen molar-refractivity contribution in [3.8, 4) is 0 Å². The lowest BCUT2D eigenvalue weighted by atomic mass is 9.98. The van der Waals surface area contributed by atoms with Crippen molar-refractivity contribution in [1.82, 2.24) is 5.16 Å². The standard InChI is InChI=1S/C11H14S.C4H6N2O/c12-11-7-5-10(6-8-11)9-3-1-2-4-9;1-3-2-4(5)6-7-3/h5-9,12H,1-4H2;2H,1H3,(H2,5,6). The molecule has 1 aromatic heterocycles. The van der Waals surface area contributed by atoms with Crippen molar-refractivity contribution in [2.45, 2.75) is 43.4 Å². The predicted octanol–water partition coefficient (Wildman–Crippen LogP) is 4.20. The highest BCUT2D eigenvalue weighted by Crippen LogP contribution is 2.34. The molecule has 19 heavy (non-hydrogen) atoms. The number of thiol groups is 1. The molecule has 0 bridgehead atoms. The summed E-state index contributed by atoms with van der Waals surface area (Å²) < 4.78 is 4.59. The van der Waals surface area contributed by atoms with Gasteiger partial charge in [-0.2, -0.15) is 0 Å². The number of aryl methyl sites for hydroxylation is 1. The third-order valence-corrected chi connectivity index (χ3v) is 3.66. The van der Waals surface area contributed by atoms with E-state index in [2.05, 4.69) is 46.6 Å². The van der Waals surface area contributed by atoms with E-state index in [1.54, 1.807) is 13.0 Å². The Labute approximate surface area is 119 Å². The smallest absolute Gasteiger partial charge is 0.167 e. The van der Waals surface area contributed by atoms with Crippen molar-refractivity contribution in [3.63, 3.8) is 0 Å². The Bertz CT molecular complexity index is 485. The molecule has 1 heterocycles. The SMILES string of the molecule is Cc1cc(N)no1.Sc1ccc(C2CCCC2)cc1. The lowest BCUT2D eigenvalue weighted by Crippen LogP contribution is -1.90. The molecule has 3 nitrogen and oxygen atoms in total. The highest BCUT2D eigenvalue weighted by molar-refractivity contribution is 7.80. The van der Waals surface area contributed by atoms with E-state index in [0.717, 1.165) is 16.6 Å². The van der Waals surface area contributed by atoms with Gasteiger partial charge in [0.1, 0.15) is 5.76 Å². The Morgan fingerprint density at radius 3 is 2.26 bits per heavy atom. The molecule has 0 radical (unpaired) electrons. The topological polar surface area (TPSA) is 52.0 Å². The van der Waals surface area contributed by atoms with Crippen LogP contribution < -0.4 is 5.73 Å². The fraction of sp³-hybridized carbons (Fsp3) is 0.400. The molecular weight excluding hydrogens is 256 g/mol. The van der Waals surface area contributed by atoms with Crippen LogP contribution in [-0.4, -0.2) is 5.16 Å². The van der Waals surface area contributed by atoms with E-state index in [9.17, 15) is 0 Å². The molecule has 2 aromatic rings. The van der Waals surface area contributed by atoms with Gasteiger partial charge in [-0.05, 0) is 43.4 Å². The molecule has 1 fully saturated rings. The maximum Gasteiger partial charge on any atom is 0.167 e. The van der Waals surface area contributed by atoms with Crippen LogP contribution in [0.5, 0.6) is 0 Å². The zero-order valence-corrected chi connectivity index (χ0v) is 12.1. The molecule has 0 unspecified atom stereocenters. The van der Waals surface area contributed by atoms with E-state index in [1.807, 2.05) is 0 Å². The molecule has 2 N–H and O–H groups in total. The molecule has 1 aromatic carbocycles. The maximum absolute atomic E-state index is 5.17. The van der Waals surface area contributed by atoms with Crippen LogP contribution in [0.3, 0.4) is 0 Å². The summed E-state index contributed by atoms with van der Waals surface area (Å²) in [6.45, 7) is 1.80. The van der Waals surface area contributed by atoms with Crippen LogP contribution in [0.4, 0.5) is 5.82 Å². The Morgan fingerprint density at radius 1 is 1.21 bits per heavy atom. The third-order valence-electron chi connectivity index (χ3n) is 3.37. The molecule has 1 aliphatic rings. The highest BCUT2D eigenvalue weighted by Gasteiger charge is 2.16. The fourth-order valence-corrected chi connectivity index (χ4v) is 2.54. The summed E-state index contributed by atoms with van der Waals surface area (Å²) in [5, 5.41) is 3.42. The van der Waals surface area contributed by atoms with E-state index < -0.39 is 0 Å². The third kappa shape index (κ3) is 4.31. The summed E-state index contributed by atoms with van der Waals surface area (Å²) in [5.74, 6) is 2.02. The molecule has 3 rings (SSSR count). The van der Waals surface area contributed by atoms with Crippen LogP contribution in [0, 0.1) is 6.92 Å². The van der Waals surface area contributed by atoms with Crippen molar-refractivity contribution in [3.05, 3.63) is 41.7 Å². The number of nitrogen functional groups attached to an aromatic ring is 1. The molecule has 0 atom stereocenters. The molecule has 0 aliphatic heterocycles. The van der Waals surface area contributed by atoms with Crippen LogP contribution in [0.15, 0.2) is 39.8 Å². The maximum atomic E-state index is 5.17. The Kier molecular flexibility index (Phi) is 4.91. The average Bonchev–Trinajstić information content (AvgIpc) is 3.03. The largest absolute Gasteiger partial charge is 0.381 e. The molecule has 102 valence electrons. The summed E-state index contributed by atoms with van der Waals surface area (Å²) in [7, 11) is 0. The predicted molar refractivity (Wildman–Crippen MR) is 80.6 cm³/mol. The number of benzene rings is 1. The Balaban J connectivity index is 0.000000163. The van der Waals surface area contributed by atoms with Crippen molar-refractivity contribution in [1.29, 1.82) is 0 Å². The van der Waals surface area contributed by atoms with Crippen LogP contribution >= 0.6 is 12.6 Å². The lowest BCUT2D eigenvalue weighted by molar-refractivity contribution is 0.400. The summed E-state index contributed by atoms with van der Waals surface area (Å²) in [4.78, 5) is 1.07. The molecule has 4 heteroatoms. The summed E-state index contributed by atoms with van der Waals surface area (Å²) >= 11 is 4.27. The van der Waals surface area contributed by atoms with E-state index in [0.29, 0.717) is 5.82 Å². The minimum absolute atomic E-state index is 0.442. The van der Waals surface area contributed by atoms with Gasteiger partial charge in [0.05, 0.1) is 0 Å².